The summed E-state index contributed by atoms with van der Waals surface area (Å²) in [5.74, 6) is -0.929. The first-order valence-electron chi connectivity index (χ1n) is 5.03. The molecule has 18 heavy (non-hydrogen) atoms. The quantitative estimate of drug-likeness (QED) is 0.607. The van der Waals surface area contributed by atoms with Gasteiger partial charge in [0, 0.05) is 18.3 Å². The lowest BCUT2D eigenvalue weighted by Crippen LogP contribution is -2.21. The topological polar surface area (TPSA) is 78.0 Å². The Kier molecular flexibility index (Phi) is 3.13. The molecule has 0 unspecified atom stereocenters. The van der Waals surface area contributed by atoms with E-state index in [0.29, 0.717) is 5.56 Å². The summed E-state index contributed by atoms with van der Waals surface area (Å²) in [6.45, 7) is 0.0641. The molecule has 0 atom stereocenters. The van der Waals surface area contributed by atoms with E-state index in [2.05, 4.69) is 5.10 Å². The molecule has 0 N–H and O–H groups in total. The molecule has 0 saturated carbocycles. The van der Waals surface area contributed by atoms with Crippen LogP contribution in [0.15, 0.2) is 41.3 Å². The Labute approximate surface area is 100 Å². The molecule has 0 fully saturated rings. The van der Waals surface area contributed by atoms with E-state index in [9.17, 15) is 19.3 Å². The van der Waals surface area contributed by atoms with Gasteiger partial charge in [-0.2, -0.15) is 9.49 Å². The predicted molar refractivity (Wildman–Crippen MR) is 60.7 cm³/mol. The van der Waals surface area contributed by atoms with Crippen LogP contribution in [0, 0.1) is 15.9 Å². The van der Waals surface area contributed by atoms with Crippen LogP contribution in [0.2, 0.25) is 0 Å². The molecule has 1 aromatic heterocycles. The van der Waals surface area contributed by atoms with Crippen LogP contribution >= 0.6 is 0 Å². The van der Waals surface area contributed by atoms with Crippen LogP contribution in [0.1, 0.15) is 5.56 Å². The molecule has 0 aliphatic heterocycles. The van der Waals surface area contributed by atoms with Crippen molar-refractivity contribution in [2.75, 3.05) is 0 Å². The molecule has 7 heteroatoms. The predicted octanol–water partition coefficient (Wildman–Crippen LogP) is 1.34. The molecule has 0 bridgehead atoms. The fraction of sp³-hybridized carbons (Fsp3) is 0.0909. The number of rotatable bonds is 3. The Bertz CT molecular complexity index is 654. The molecule has 0 saturated heterocycles. The monoisotopic (exact) mass is 249 g/mol. The average Bonchev–Trinajstić information content (AvgIpc) is 2.32. The molecule has 0 radical (unpaired) electrons. The van der Waals surface area contributed by atoms with Gasteiger partial charge < -0.3 is 0 Å². The van der Waals surface area contributed by atoms with Crippen molar-refractivity contribution in [2.24, 2.45) is 0 Å². The molecule has 1 aromatic carbocycles. The first-order chi connectivity index (χ1) is 8.58. The van der Waals surface area contributed by atoms with Crippen LogP contribution in [0.5, 0.6) is 0 Å². The summed E-state index contributed by atoms with van der Waals surface area (Å²) in [5.41, 5.74) is -0.484. The molecule has 2 rings (SSSR count). The molecule has 0 aliphatic rings. The lowest BCUT2D eigenvalue weighted by Gasteiger charge is -2.03. The first kappa shape index (κ1) is 11.9. The van der Waals surface area contributed by atoms with Crippen molar-refractivity contribution >= 4 is 5.69 Å². The fourth-order valence-electron chi connectivity index (χ4n) is 1.48. The fourth-order valence-corrected chi connectivity index (χ4v) is 1.48. The highest BCUT2D eigenvalue weighted by molar-refractivity contribution is 5.35. The summed E-state index contributed by atoms with van der Waals surface area (Å²) in [7, 11) is 0. The summed E-state index contributed by atoms with van der Waals surface area (Å²) >= 11 is 0. The summed E-state index contributed by atoms with van der Waals surface area (Å²) < 4.78 is 14.5. The highest BCUT2D eigenvalue weighted by Crippen LogP contribution is 2.18. The van der Waals surface area contributed by atoms with Crippen LogP contribution in [0.4, 0.5) is 10.1 Å². The second-order valence-corrected chi connectivity index (χ2v) is 3.56. The van der Waals surface area contributed by atoms with Crippen molar-refractivity contribution in [2.45, 2.75) is 6.54 Å². The van der Waals surface area contributed by atoms with Gasteiger partial charge in [0.25, 0.3) is 5.56 Å². The van der Waals surface area contributed by atoms with E-state index in [1.165, 1.54) is 24.4 Å². The van der Waals surface area contributed by atoms with Gasteiger partial charge in [0.2, 0.25) is 5.82 Å². The molecule has 0 aliphatic carbocycles. The molecule has 0 spiro atoms. The van der Waals surface area contributed by atoms with Gasteiger partial charge in [0.05, 0.1) is 11.5 Å². The number of hydrogen-bond acceptors (Lipinski definition) is 4. The number of nitro benzene ring substituents is 1. The second-order valence-electron chi connectivity index (χ2n) is 3.56. The van der Waals surface area contributed by atoms with Gasteiger partial charge in [-0.05, 0) is 17.7 Å². The molecule has 0 amide bonds. The van der Waals surface area contributed by atoms with Crippen molar-refractivity contribution in [1.82, 2.24) is 9.78 Å². The highest BCUT2D eigenvalue weighted by Gasteiger charge is 2.13. The van der Waals surface area contributed by atoms with Gasteiger partial charge in [-0.15, -0.1) is 0 Å². The smallest absolute Gasteiger partial charge is 0.268 e. The van der Waals surface area contributed by atoms with Crippen molar-refractivity contribution in [3.05, 3.63) is 68.4 Å². The maximum absolute atomic E-state index is 13.4. The van der Waals surface area contributed by atoms with Crippen LogP contribution in [0.3, 0.4) is 0 Å². The van der Waals surface area contributed by atoms with Crippen molar-refractivity contribution in [3.63, 3.8) is 0 Å². The van der Waals surface area contributed by atoms with Gasteiger partial charge in [0.1, 0.15) is 0 Å². The largest absolute Gasteiger partial charge is 0.304 e. The lowest BCUT2D eigenvalue weighted by molar-refractivity contribution is -0.387. The standard InChI is InChI=1S/C11H8FN3O3/c12-9-6-8(3-4-10(9)15(17)18)7-14-11(16)2-1-5-13-14/h1-6H,7H2. The van der Waals surface area contributed by atoms with E-state index in [0.717, 1.165) is 16.8 Å². The zero-order valence-electron chi connectivity index (χ0n) is 9.12. The summed E-state index contributed by atoms with van der Waals surface area (Å²) in [6.07, 6.45) is 1.43. The van der Waals surface area contributed by atoms with Crippen LogP contribution in [-0.2, 0) is 6.54 Å². The number of nitrogens with zero attached hydrogens (tertiary/aromatic N) is 3. The molecule has 2 aromatic rings. The third kappa shape index (κ3) is 2.40. The lowest BCUT2D eigenvalue weighted by atomic mass is 10.2. The van der Waals surface area contributed by atoms with E-state index in [1.54, 1.807) is 0 Å². The Hall–Kier alpha value is -2.57. The Balaban J connectivity index is 2.31. The van der Waals surface area contributed by atoms with E-state index in [-0.39, 0.29) is 12.1 Å². The maximum atomic E-state index is 13.4. The molecule has 1 heterocycles. The van der Waals surface area contributed by atoms with E-state index < -0.39 is 16.4 Å². The van der Waals surface area contributed by atoms with Gasteiger partial charge >= 0.3 is 5.69 Å². The summed E-state index contributed by atoms with van der Waals surface area (Å²) in [4.78, 5) is 21.0. The zero-order chi connectivity index (χ0) is 13.1. The Morgan fingerprint density at radius 2 is 2.17 bits per heavy atom. The number of benzene rings is 1. The summed E-state index contributed by atoms with van der Waals surface area (Å²) in [5, 5.41) is 14.3. The minimum atomic E-state index is -0.929. The maximum Gasteiger partial charge on any atom is 0.304 e. The van der Waals surface area contributed by atoms with E-state index in [4.69, 9.17) is 0 Å². The minimum absolute atomic E-state index is 0.0641. The number of hydrogen-bond donors (Lipinski definition) is 0. The molecular weight excluding hydrogens is 241 g/mol. The van der Waals surface area contributed by atoms with E-state index >= 15 is 0 Å². The molecule has 6 nitrogen and oxygen atoms in total. The third-order valence-electron chi connectivity index (χ3n) is 2.33. The van der Waals surface area contributed by atoms with Gasteiger partial charge in [-0.1, -0.05) is 6.07 Å². The minimum Gasteiger partial charge on any atom is -0.268 e. The van der Waals surface area contributed by atoms with Crippen molar-refractivity contribution in [1.29, 1.82) is 0 Å². The van der Waals surface area contributed by atoms with Crippen LogP contribution in [0.25, 0.3) is 0 Å². The molecule has 92 valence electrons. The zero-order valence-corrected chi connectivity index (χ0v) is 9.12. The van der Waals surface area contributed by atoms with Crippen LogP contribution in [-0.4, -0.2) is 14.7 Å². The van der Waals surface area contributed by atoms with Crippen molar-refractivity contribution in [3.8, 4) is 0 Å². The van der Waals surface area contributed by atoms with Gasteiger partial charge in [-0.3, -0.25) is 14.9 Å². The Morgan fingerprint density at radius 1 is 1.39 bits per heavy atom. The Morgan fingerprint density at radius 3 is 2.78 bits per heavy atom. The third-order valence-corrected chi connectivity index (χ3v) is 2.33. The SMILES string of the molecule is O=c1cccnn1Cc1ccc([N+](=O)[O-])c(F)c1. The normalized spacial score (nSPS) is 10.3. The number of aromatic nitrogens is 2. The first-order valence-corrected chi connectivity index (χ1v) is 5.03. The van der Waals surface area contributed by atoms with Gasteiger partial charge in [0.15, 0.2) is 0 Å². The van der Waals surface area contributed by atoms with Gasteiger partial charge in [-0.25, -0.2) is 4.68 Å². The number of halogens is 1. The average molecular weight is 249 g/mol. The second kappa shape index (κ2) is 4.74. The number of nitro groups is 1. The molecular formula is C11H8FN3O3. The van der Waals surface area contributed by atoms with Crippen molar-refractivity contribution < 1.29 is 9.31 Å². The summed E-state index contributed by atoms with van der Waals surface area (Å²) in [6, 6.07) is 6.31. The van der Waals surface area contributed by atoms with Crippen LogP contribution < -0.4 is 5.56 Å². The van der Waals surface area contributed by atoms with E-state index in [1.807, 2.05) is 0 Å². The highest BCUT2D eigenvalue weighted by atomic mass is 19.1.